The molecule has 0 radical (unpaired) electrons. The highest BCUT2D eigenvalue weighted by molar-refractivity contribution is 7.20. The zero-order chi connectivity index (χ0) is 8.43. The number of halogens is 3. The van der Waals surface area contributed by atoms with Crippen molar-refractivity contribution in [3.8, 4) is 0 Å². The van der Waals surface area contributed by atoms with E-state index in [0.29, 0.717) is 14.2 Å². The van der Waals surface area contributed by atoms with E-state index in [1.807, 2.05) is 0 Å². The molecule has 0 bridgehead atoms. The van der Waals surface area contributed by atoms with Gasteiger partial charge in [-0.05, 0) is 11.6 Å². The first-order valence-corrected chi connectivity index (χ1v) is 4.44. The predicted octanol–water partition coefficient (Wildman–Crippen LogP) is 4.08. The van der Waals surface area contributed by atoms with Crippen LogP contribution in [0.2, 0.25) is 8.67 Å². The van der Waals surface area contributed by atoms with Crippen LogP contribution >= 0.6 is 34.5 Å². The SMILES string of the molecule is C=C(F)Cc1cc(Cl)sc1Cl. The summed E-state index contributed by atoms with van der Waals surface area (Å²) >= 11 is 12.6. The third kappa shape index (κ3) is 2.47. The summed E-state index contributed by atoms with van der Waals surface area (Å²) in [6.07, 6.45) is 0.155. The molecule has 0 N–H and O–H groups in total. The van der Waals surface area contributed by atoms with Gasteiger partial charge in [0, 0.05) is 6.42 Å². The molecule has 0 saturated heterocycles. The second-order valence-electron chi connectivity index (χ2n) is 2.04. The van der Waals surface area contributed by atoms with Gasteiger partial charge in [0.15, 0.2) is 0 Å². The van der Waals surface area contributed by atoms with Gasteiger partial charge in [-0.15, -0.1) is 11.3 Å². The van der Waals surface area contributed by atoms with Crippen LogP contribution in [-0.2, 0) is 6.42 Å². The Bertz CT molecular complexity index is 280. The quantitative estimate of drug-likeness (QED) is 0.691. The van der Waals surface area contributed by atoms with E-state index in [2.05, 4.69) is 6.58 Å². The summed E-state index contributed by atoms with van der Waals surface area (Å²) in [5.41, 5.74) is 0.703. The molecular weight excluding hydrogens is 206 g/mol. The summed E-state index contributed by atoms with van der Waals surface area (Å²) in [4.78, 5) is 0. The summed E-state index contributed by atoms with van der Waals surface area (Å²) in [6, 6.07) is 1.65. The summed E-state index contributed by atoms with van der Waals surface area (Å²) in [6.45, 7) is 3.14. The van der Waals surface area contributed by atoms with E-state index >= 15 is 0 Å². The van der Waals surface area contributed by atoms with E-state index in [1.165, 1.54) is 11.3 Å². The molecule has 0 fully saturated rings. The van der Waals surface area contributed by atoms with Gasteiger partial charge in [-0.1, -0.05) is 29.8 Å². The van der Waals surface area contributed by atoms with Crippen LogP contribution in [0.15, 0.2) is 18.5 Å². The molecule has 0 atom stereocenters. The maximum absolute atomic E-state index is 12.3. The third-order valence-electron chi connectivity index (χ3n) is 1.11. The molecule has 0 unspecified atom stereocenters. The minimum absolute atomic E-state index is 0.155. The number of rotatable bonds is 2. The van der Waals surface area contributed by atoms with Gasteiger partial charge in [0.1, 0.15) is 0 Å². The van der Waals surface area contributed by atoms with Crippen molar-refractivity contribution in [3.63, 3.8) is 0 Å². The Kier molecular flexibility index (Phi) is 2.93. The molecule has 0 aliphatic rings. The lowest BCUT2D eigenvalue weighted by atomic mass is 10.2. The Morgan fingerprint density at radius 1 is 1.64 bits per heavy atom. The lowest BCUT2D eigenvalue weighted by Crippen LogP contribution is -1.79. The summed E-state index contributed by atoms with van der Waals surface area (Å²) in [5, 5.41) is 0. The molecule has 0 saturated carbocycles. The molecule has 1 aromatic heterocycles. The number of thiophene rings is 1. The third-order valence-corrected chi connectivity index (χ3v) is 2.68. The van der Waals surface area contributed by atoms with Gasteiger partial charge in [0.05, 0.1) is 14.5 Å². The van der Waals surface area contributed by atoms with Crippen LogP contribution in [0.1, 0.15) is 5.56 Å². The second kappa shape index (κ2) is 3.57. The van der Waals surface area contributed by atoms with Gasteiger partial charge in [-0.2, -0.15) is 0 Å². The standard InChI is InChI=1S/C7H5Cl2FS/c1-4(10)2-5-3-6(8)11-7(5)9/h3H,1-2H2. The monoisotopic (exact) mass is 210 g/mol. The van der Waals surface area contributed by atoms with E-state index in [0.717, 1.165) is 0 Å². The van der Waals surface area contributed by atoms with Crippen LogP contribution in [0.5, 0.6) is 0 Å². The molecule has 1 aromatic rings. The van der Waals surface area contributed by atoms with E-state index in [-0.39, 0.29) is 6.42 Å². The molecule has 0 aliphatic heterocycles. The molecular formula is C7H5Cl2FS. The summed E-state index contributed by atoms with van der Waals surface area (Å²) in [5.74, 6) is -0.402. The predicted molar refractivity (Wildman–Crippen MR) is 48.3 cm³/mol. The number of hydrogen-bond acceptors (Lipinski definition) is 1. The highest BCUT2D eigenvalue weighted by Gasteiger charge is 2.06. The van der Waals surface area contributed by atoms with Crippen LogP contribution in [0.25, 0.3) is 0 Å². The minimum Gasteiger partial charge on any atom is -0.212 e. The fraction of sp³-hybridized carbons (Fsp3) is 0.143. The Balaban J connectivity index is 2.85. The molecule has 4 heteroatoms. The largest absolute Gasteiger partial charge is 0.212 e. The van der Waals surface area contributed by atoms with Crippen molar-refractivity contribution in [3.05, 3.63) is 32.7 Å². The lowest BCUT2D eigenvalue weighted by molar-refractivity contribution is 0.617. The van der Waals surface area contributed by atoms with E-state index in [4.69, 9.17) is 23.2 Å². The highest BCUT2D eigenvalue weighted by Crippen LogP contribution is 2.32. The molecule has 0 nitrogen and oxygen atoms in total. The van der Waals surface area contributed by atoms with E-state index in [9.17, 15) is 4.39 Å². The maximum Gasteiger partial charge on any atom is 0.0980 e. The fourth-order valence-electron chi connectivity index (χ4n) is 0.702. The molecule has 0 amide bonds. The van der Waals surface area contributed by atoms with Gasteiger partial charge >= 0.3 is 0 Å². The van der Waals surface area contributed by atoms with Gasteiger partial charge in [-0.25, -0.2) is 4.39 Å². The fourth-order valence-corrected chi connectivity index (χ4v) is 2.19. The topological polar surface area (TPSA) is 0 Å². The van der Waals surface area contributed by atoms with Crippen LogP contribution in [0, 0.1) is 0 Å². The molecule has 0 spiro atoms. The van der Waals surface area contributed by atoms with Crippen molar-refractivity contribution < 1.29 is 4.39 Å². The van der Waals surface area contributed by atoms with Crippen LogP contribution in [-0.4, -0.2) is 0 Å². The minimum atomic E-state index is -0.402. The first-order valence-electron chi connectivity index (χ1n) is 2.86. The van der Waals surface area contributed by atoms with Crippen molar-refractivity contribution in [2.24, 2.45) is 0 Å². The molecule has 0 aliphatic carbocycles. The number of allylic oxidation sites excluding steroid dienone is 1. The zero-order valence-corrected chi connectivity index (χ0v) is 7.86. The molecule has 1 heterocycles. The van der Waals surface area contributed by atoms with Gasteiger partial charge < -0.3 is 0 Å². The van der Waals surface area contributed by atoms with Crippen LogP contribution < -0.4 is 0 Å². The van der Waals surface area contributed by atoms with Crippen LogP contribution in [0.3, 0.4) is 0 Å². The molecule has 0 aromatic carbocycles. The maximum atomic E-state index is 12.3. The number of hydrogen-bond donors (Lipinski definition) is 0. The Morgan fingerprint density at radius 2 is 2.27 bits per heavy atom. The second-order valence-corrected chi connectivity index (χ2v) is 4.33. The van der Waals surface area contributed by atoms with Crippen molar-refractivity contribution in [1.82, 2.24) is 0 Å². The van der Waals surface area contributed by atoms with Gasteiger partial charge in [-0.3, -0.25) is 0 Å². The van der Waals surface area contributed by atoms with E-state index < -0.39 is 5.83 Å². The smallest absolute Gasteiger partial charge is 0.0980 e. The molecule has 1 rings (SSSR count). The highest BCUT2D eigenvalue weighted by atomic mass is 35.5. The molecule has 60 valence electrons. The Hall–Kier alpha value is -0.0500. The molecule has 11 heavy (non-hydrogen) atoms. The first-order chi connectivity index (χ1) is 5.09. The first kappa shape index (κ1) is 9.04. The zero-order valence-electron chi connectivity index (χ0n) is 5.53. The van der Waals surface area contributed by atoms with Crippen LogP contribution in [0.4, 0.5) is 4.39 Å². The van der Waals surface area contributed by atoms with Crippen molar-refractivity contribution >= 4 is 34.5 Å². The average molecular weight is 211 g/mol. The Labute approximate surface area is 78.2 Å². The van der Waals surface area contributed by atoms with Crippen molar-refractivity contribution in [2.45, 2.75) is 6.42 Å². The van der Waals surface area contributed by atoms with Gasteiger partial charge in [0.25, 0.3) is 0 Å². The van der Waals surface area contributed by atoms with Crippen molar-refractivity contribution in [2.75, 3.05) is 0 Å². The Morgan fingerprint density at radius 3 is 2.64 bits per heavy atom. The summed E-state index contributed by atoms with van der Waals surface area (Å²) < 4.78 is 13.4. The normalized spacial score (nSPS) is 10.1. The summed E-state index contributed by atoms with van der Waals surface area (Å²) in [7, 11) is 0. The average Bonchev–Trinajstić information content (AvgIpc) is 2.09. The van der Waals surface area contributed by atoms with Gasteiger partial charge in [0.2, 0.25) is 0 Å². The lowest BCUT2D eigenvalue weighted by Gasteiger charge is -1.91. The van der Waals surface area contributed by atoms with Crippen molar-refractivity contribution in [1.29, 1.82) is 0 Å². The van der Waals surface area contributed by atoms with E-state index in [1.54, 1.807) is 6.07 Å².